The number of nitro benzene ring substituents is 1. The summed E-state index contributed by atoms with van der Waals surface area (Å²) in [5.74, 6) is 0.318. The first kappa shape index (κ1) is 18.2. The van der Waals surface area contributed by atoms with Crippen LogP contribution in [0.4, 0.5) is 5.69 Å². The van der Waals surface area contributed by atoms with Crippen LogP contribution in [0.5, 0.6) is 0 Å². The maximum Gasteiger partial charge on any atom is 0.293 e. The number of aromatic nitrogens is 4. The fourth-order valence-electron chi connectivity index (χ4n) is 3.78. The molecule has 30 heavy (non-hydrogen) atoms. The Balaban J connectivity index is 1.70. The Hall–Kier alpha value is -3.81. The second kappa shape index (κ2) is 6.91. The lowest BCUT2D eigenvalue weighted by molar-refractivity contribution is -0.384. The first-order chi connectivity index (χ1) is 14.5. The van der Waals surface area contributed by atoms with Gasteiger partial charge in [0.25, 0.3) is 11.2 Å². The molecule has 8 heteroatoms. The van der Waals surface area contributed by atoms with Crippen molar-refractivity contribution < 1.29 is 4.92 Å². The molecule has 0 radical (unpaired) electrons. The minimum Gasteiger partial charge on any atom is -0.265 e. The van der Waals surface area contributed by atoms with Gasteiger partial charge in [0, 0.05) is 23.4 Å². The predicted molar refractivity (Wildman–Crippen MR) is 112 cm³/mol. The molecule has 8 nitrogen and oxygen atoms in total. The number of non-ortho nitro benzene ring substituents is 1. The molecule has 0 bridgehead atoms. The number of aryl methyl sites for hydroxylation is 1. The van der Waals surface area contributed by atoms with Crippen LogP contribution in [0.15, 0.2) is 59.5 Å². The number of para-hydroxylation sites is 1. The molecule has 2 heterocycles. The smallest absolute Gasteiger partial charge is 0.265 e. The summed E-state index contributed by atoms with van der Waals surface area (Å²) in [4.78, 5) is 24.1. The van der Waals surface area contributed by atoms with E-state index >= 15 is 0 Å². The lowest BCUT2D eigenvalue weighted by atomic mass is 10.1. The van der Waals surface area contributed by atoms with Crippen LogP contribution in [-0.4, -0.2) is 24.5 Å². The number of fused-ring (bicyclic) bond motifs is 1. The highest BCUT2D eigenvalue weighted by atomic mass is 16.6. The third-order valence-corrected chi connectivity index (χ3v) is 5.47. The van der Waals surface area contributed by atoms with Crippen LogP contribution in [0, 0.1) is 17.0 Å². The fourth-order valence-corrected chi connectivity index (χ4v) is 3.78. The van der Waals surface area contributed by atoms with Gasteiger partial charge in [0.1, 0.15) is 5.52 Å². The maximum absolute atomic E-state index is 13.4. The van der Waals surface area contributed by atoms with Crippen molar-refractivity contribution in [1.29, 1.82) is 0 Å². The average Bonchev–Trinajstić information content (AvgIpc) is 3.49. The highest BCUT2D eigenvalue weighted by molar-refractivity contribution is 5.82. The molecule has 1 fully saturated rings. The van der Waals surface area contributed by atoms with Crippen molar-refractivity contribution in [3.05, 3.63) is 92.0 Å². The normalized spacial score (nSPS) is 13.6. The fraction of sp³-hybridized carbons (Fsp3) is 0.227. The lowest BCUT2D eigenvalue weighted by Gasteiger charge is -2.11. The summed E-state index contributed by atoms with van der Waals surface area (Å²) in [5.41, 5.74) is 3.61. The van der Waals surface area contributed by atoms with E-state index in [2.05, 4.69) is 10.2 Å². The first-order valence-corrected chi connectivity index (χ1v) is 9.81. The molecule has 0 spiro atoms. The molecule has 0 unspecified atom stereocenters. The topological polar surface area (TPSA) is 95.8 Å². The molecule has 2 aromatic carbocycles. The van der Waals surface area contributed by atoms with E-state index in [1.54, 1.807) is 23.0 Å². The molecule has 0 aliphatic heterocycles. The van der Waals surface area contributed by atoms with Gasteiger partial charge in [-0.2, -0.15) is 10.2 Å². The van der Waals surface area contributed by atoms with Crippen molar-refractivity contribution in [2.24, 2.45) is 0 Å². The lowest BCUT2D eigenvalue weighted by Crippen LogP contribution is -2.26. The van der Waals surface area contributed by atoms with Crippen LogP contribution in [0.1, 0.15) is 35.6 Å². The second-order valence-corrected chi connectivity index (χ2v) is 7.65. The minimum atomic E-state index is -0.439. The summed E-state index contributed by atoms with van der Waals surface area (Å²) >= 11 is 0. The summed E-state index contributed by atoms with van der Waals surface area (Å²) in [5, 5.41) is 21.0. The van der Waals surface area contributed by atoms with Gasteiger partial charge in [0.15, 0.2) is 0 Å². The summed E-state index contributed by atoms with van der Waals surface area (Å²) in [6.07, 6.45) is 3.79. The standard InChI is InChI=1S/C22H19N5O3/c1-14-5-2-3-8-19(14)26-21-18(12-23-26)20(16-9-10-16)24-25(22(21)28)13-15-6-4-7-17(11-15)27(29)30/h2-8,11-12,16H,9-10,13H2,1H3. The van der Waals surface area contributed by atoms with Crippen LogP contribution in [-0.2, 0) is 6.54 Å². The highest BCUT2D eigenvalue weighted by Crippen LogP contribution is 2.41. The summed E-state index contributed by atoms with van der Waals surface area (Å²) < 4.78 is 3.09. The van der Waals surface area contributed by atoms with Crippen LogP contribution in [0.2, 0.25) is 0 Å². The van der Waals surface area contributed by atoms with Crippen LogP contribution in [0.3, 0.4) is 0 Å². The molecule has 4 aromatic rings. The molecule has 0 N–H and O–H groups in total. The van der Waals surface area contributed by atoms with Crippen molar-refractivity contribution in [2.75, 3.05) is 0 Å². The van der Waals surface area contributed by atoms with Gasteiger partial charge in [-0.15, -0.1) is 0 Å². The molecule has 2 aromatic heterocycles. The van der Waals surface area contributed by atoms with Crippen LogP contribution < -0.4 is 5.56 Å². The van der Waals surface area contributed by atoms with E-state index in [1.807, 2.05) is 31.2 Å². The molecular weight excluding hydrogens is 382 g/mol. The number of hydrogen-bond donors (Lipinski definition) is 0. The summed E-state index contributed by atoms with van der Waals surface area (Å²) in [7, 11) is 0. The summed E-state index contributed by atoms with van der Waals surface area (Å²) in [6, 6.07) is 14.1. The van der Waals surface area contributed by atoms with E-state index in [0.717, 1.165) is 35.2 Å². The Morgan fingerprint density at radius 3 is 2.70 bits per heavy atom. The SMILES string of the molecule is Cc1ccccc1-n1ncc2c(C3CC3)nn(Cc3cccc([N+](=O)[O-])c3)c(=O)c21. The Labute approximate surface area is 171 Å². The van der Waals surface area contributed by atoms with Gasteiger partial charge in [-0.3, -0.25) is 14.9 Å². The van der Waals surface area contributed by atoms with Crippen molar-refractivity contribution in [2.45, 2.75) is 32.2 Å². The van der Waals surface area contributed by atoms with Gasteiger partial charge in [0.2, 0.25) is 0 Å². The molecular formula is C22H19N5O3. The Kier molecular flexibility index (Phi) is 4.20. The Bertz CT molecular complexity index is 1350. The molecule has 0 amide bonds. The number of nitrogens with zero attached hydrogens (tertiary/aromatic N) is 5. The zero-order chi connectivity index (χ0) is 20.8. The molecule has 150 valence electrons. The maximum atomic E-state index is 13.4. The van der Waals surface area contributed by atoms with Crippen molar-refractivity contribution in [1.82, 2.24) is 19.6 Å². The molecule has 1 aliphatic carbocycles. The molecule has 0 saturated heterocycles. The highest BCUT2D eigenvalue weighted by Gasteiger charge is 2.30. The van der Waals surface area contributed by atoms with E-state index in [1.165, 1.54) is 16.8 Å². The van der Waals surface area contributed by atoms with E-state index in [9.17, 15) is 14.9 Å². The monoisotopic (exact) mass is 401 g/mol. The van der Waals surface area contributed by atoms with E-state index in [4.69, 9.17) is 0 Å². The Morgan fingerprint density at radius 1 is 1.17 bits per heavy atom. The largest absolute Gasteiger partial charge is 0.293 e. The van der Waals surface area contributed by atoms with Crippen molar-refractivity contribution in [3.63, 3.8) is 0 Å². The van der Waals surface area contributed by atoms with Gasteiger partial charge in [-0.05, 0) is 37.0 Å². The number of hydrogen-bond acceptors (Lipinski definition) is 5. The first-order valence-electron chi connectivity index (χ1n) is 9.81. The molecule has 5 rings (SSSR count). The van der Waals surface area contributed by atoms with Crippen molar-refractivity contribution >= 4 is 16.6 Å². The zero-order valence-corrected chi connectivity index (χ0v) is 16.4. The molecule has 0 atom stereocenters. The van der Waals surface area contributed by atoms with Crippen molar-refractivity contribution in [3.8, 4) is 5.69 Å². The average molecular weight is 401 g/mol. The summed E-state index contributed by atoms with van der Waals surface area (Å²) in [6.45, 7) is 2.14. The van der Waals surface area contributed by atoms with Gasteiger partial charge >= 0.3 is 0 Å². The molecule has 1 saturated carbocycles. The third-order valence-electron chi connectivity index (χ3n) is 5.47. The number of benzene rings is 2. The van der Waals surface area contributed by atoms with Gasteiger partial charge < -0.3 is 0 Å². The van der Waals surface area contributed by atoms with E-state index < -0.39 is 4.92 Å². The number of nitro groups is 1. The van der Waals surface area contributed by atoms with E-state index in [0.29, 0.717) is 17.0 Å². The number of rotatable bonds is 5. The second-order valence-electron chi connectivity index (χ2n) is 7.65. The van der Waals surface area contributed by atoms with Gasteiger partial charge in [0.05, 0.1) is 29.0 Å². The van der Waals surface area contributed by atoms with Crippen LogP contribution in [0.25, 0.3) is 16.6 Å². The third kappa shape index (κ3) is 3.06. The van der Waals surface area contributed by atoms with E-state index in [-0.39, 0.29) is 17.8 Å². The zero-order valence-electron chi connectivity index (χ0n) is 16.4. The van der Waals surface area contributed by atoms with Gasteiger partial charge in [-0.25, -0.2) is 9.36 Å². The minimum absolute atomic E-state index is 0.00556. The quantitative estimate of drug-likeness (QED) is 0.375. The van der Waals surface area contributed by atoms with Crippen LogP contribution >= 0.6 is 0 Å². The van der Waals surface area contributed by atoms with Gasteiger partial charge in [-0.1, -0.05) is 30.3 Å². The Morgan fingerprint density at radius 2 is 1.97 bits per heavy atom. The molecule has 1 aliphatic rings. The predicted octanol–water partition coefficient (Wildman–Crippen LogP) is 3.72.